The maximum atomic E-state index is 2.30. The zero-order chi connectivity index (χ0) is 14.6. The second-order valence-corrected chi connectivity index (χ2v) is 9.57. The van der Waals surface area contributed by atoms with E-state index in [1.807, 2.05) is 0 Å². The Hall–Kier alpha value is 2.65. The van der Waals surface area contributed by atoms with Gasteiger partial charge in [-0.1, -0.05) is 6.55 Å². The summed E-state index contributed by atoms with van der Waals surface area (Å²) in [5.74, 6) is 0. The van der Waals surface area contributed by atoms with Crippen LogP contribution < -0.4 is 0 Å². The summed E-state index contributed by atoms with van der Waals surface area (Å²) in [4.78, 5) is 0. The molecule has 0 aliphatic heterocycles. The number of hydrogen-bond acceptors (Lipinski definition) is 0. The van der Waals surface area contributed by atoms with Crippen molar-refractivity contribution in [2.45, 2.75) is 106 Å². The van der Waals surface area contributed by atoms with Gasteiger partial charge >= 0.3 is 172 Å². The van der Waals surface area contributed by atoms with Crippen molar-refractivity contribution in [2.24, 2.45) is 0 Å². The van der Waals surface area contributed by atoms with Gasteiger partial charge < -0.3 is 0 Å². The Labute approximate surface area is 186 Å². The molecule has 2 radical (unpaired) electrons. The molecule has 0 N–H and O–H groups in total. The molecule has 0 aromatic carbocycles. The van der Waals surface area contributed by atoms with Crippen LogP contribution in [-0.2, 0) is 0 Å². The average Bonchev–Trinajstić information content (AvgIpc) is 2.46. The molecule has 0 unspecified atom stereocenters. The summed E-state index contributed by atoms with van der Waals surface area (Å²) < 4.78 is 3.31. The van der Waals surface area contributed by atoms with E-state index in [0.29, 0.717) is 0 Å². The molecule has 0 aliphatic rings. The van der Waals surface area contributed by atoms with Gasteiger partial charge in [-0.3, -0.25) is 0 Å². The first-order valence-electron chi connectivity index (χ1n) is 9.12. The molecule has 0 bridgehead atoms. The van der Waals surface area contributed by atoms with Crippen LogP contribution in [0.15, 0.2) is 0 Å². The second-order valence-electron chi connectivity index (χ2n) is 5.29. The molecule has 20 heavy (non-hydrogen) atoms. The maximum absolute atomic E-state index is 2.30. The van der Waals surface area contributed by atoms with E-state index in [9.17, 15) is 0 Å². The molecular weight excluding hydrogens is 390 g/mol. The van der Waals surface area contributed by atoms with Gasteiger partial charge in [0.05, 0.1) is 0 Å². The Morgan fingerprint density at radius 1 is 0.550 bits per heavy atom. The topological polar surface area (TPSA) is 0 Å². The van der Waals surface area contributed by atoms with Gasteiger partial charge in [-0.25, -0.2) is 0 Å². The molecule has 0 aromatic rings. The van der Waals surface area contributed by atoms with Crippen LogP contribution in [-0.4, -0.2) is 82.8 Å². The fourth-order valence-corrected chi connectivity index (χ4v) is 5.75. The standard InChI is InChI=1S/2C8H17.CH6Si.K.Sn.H/c2*1-3-5-7-8-6-4-2;1-2;;;/h2*1,3-8H2,2H3;1-2H3;;;. The third-order valence-corrected chi connectivity index (χ3v) is 7.45. The Balaban J connectivity index is -0.000000916. The fraction of sp³-hybridized carbons (Fsp3) is 1.00. The minimum atomic E-state index is 0. The first kappa shape index (κ1) is 27.5. The van der Waals surface area contributed by atoms with E-state index in [2.05, 4.69) is 20.4 Å². The first-order valence-corrected chi connectivity index (χ1v) is 15.2. The molecule has 0 heterocycles. The second kappa shape index (κ2) is 29.6. The van der Waals surface area contributed by atoms with Crippen molar-refractivity contribution in [3.05, 3.63) is 0 Å². The van der Waals surface area contributed by atoms with Crippen molar-refractivity contribution >= 4 is 82.8 Å². The third-order valence-electron chi connectivity index (χ3n) is 3.41. The van der Waals surface area contributed by atoms with Gasteiger partial charge in [0.2, 0.25) is 0 Å². The van der Waals surface area contributed by atoms with Crippen LogP contribution in [0.2, 0.25) is 15.4 Å². The van der Waals surface area contributed by atoms with E-state index in [0.717, 1.165) is 0 Å². The van der Waals surface area contributed by atoms with Crippen molar-refractivity contribution in [2.75, 3.05) is 0 Å². The summed E-state index contributed by atoms with van der Waals surface area (Å²) in [7, 11) is 1.31. The number of hydrogen-bond donors (Lipinski definition) is 0. The van der Waals surface area contributed by atoms with Crippen LogP contribution in [0.5, 0.6) is 0 Å². The summed E-state index contributed by atoms with van der Waals surface area (Å²) in [5.41, 5.74) is 0. The summed E-state index contributed by atoms with van der Waals surface area (Å²) in [6.45, 7) is 6.74. The Kier molecular flexibility index (Phi) is 40.7. The van der Waals surface area contributed by atoms with Crippen LogP contribution in [0.3, 0.4) is 0 Å². The molecule has 0 fully saturated rings. The Morgan fingerprint density at radius 2 is 0.850 bits per heavy atom. The zero-order valence-electron chi connectivity index (χ0n) is 14.4. The van der Waals surface area contributed by atoms with Gasteiger partial charge in [-0.2, -0.15) is 0 Å². The van der Waals surface area contributed by atoms with E-state index < -0.39 is 0 Å². The Bertz CT molecular complexity index is 120. The third kappa shape index (κ3) is 28.8. The molecule has 0 nitrogen and oxygen atoms in total. The molecule has 0 aromatic heterocycles. The van der Waals surface area contributed by atoms with Crippen molar-refractivity contribution < 1.29 is 0 Å². The van der Waals surface area contributed by atoms with Gasteiger partial charge in [0.1, 0.15) is 0 Å². The van der Waals surface area contributed by atoms with Crippen LogP contribution >= 0.6 is 0 Å². The molecule has 0 rings (SSSR count). The SMILES string of the molecule is CCCCCCC[CH2][Sn][CH2]CCCCCCC.C[SiH3].[KH]. The molecule has 0 saturated heterocycles. The normalized spacial score (nSPS) is 9.75. The Morgan fingerprint density at radius 3 is 1.20 bits per heavy atom. The summed E-state index contributed by atoms with van der Waals surface area (Å²) >= 11 is 0.0736. The molecule has 3 heteroatoms. The van der Waals surface area contributed by atoms with Gasteiger partial charge in [-0.15, -0.1) is 0 Å². The fourth-order valence-electron chi connectivity index (χ4n) is 2.19. The minimum absolute atomic E-state index is 0. The first-order chi connectivity index (χ1) is 9.41. The van der Waals surface area contributed by atoms with Crippen LogP contribution in [0, 0.1) is 0 Å². The van der Waals surface area contributed by atoms with Crippen LogP contribution in [0.4, 0.5) is 0 Å². The van der Waals surface area contributed by atoms with Gasteiger partial charge in [0.25, 0.3) is 0 Å². The molecule has 0 saturated carbocycles. The molecule has 0 amide bonds. The van der Waals surface area contributed by atoms with E-state index >= 15 is 0 Å². The average molecular weight is 431 g/mol. The zero-order valence-corrected chi connectivity index (χ0v) is 19.3. The van der Waals surface area contributed by atoms with Crippen molar-refractivity contribution in [3.63, 3.8) is 0 Å². The number of rotatable bonds is 14. The van der Waals surface area contributed by atoms with Gasteiger partial charge in [0.15, 0.2) is 0 Å². The van der Waals surface area contributed by atoms with E-state index in [4.69, 9.17) is 0 Å². The molecule has 0 spiro atoms. The molecule has 0 atom stereocenters. The molecule has 0 aliphatic carbocycles. The van der Waals surface area contributed by atoms with Crippen LogP contribution in [0.25, 0.3) is 0 Å². The predicted octanol–water partition coefficient (Wildman–Crippen LogP) is 5.00. The summed E-state index contributed by atoms with van der Waals surface area (Å²) in [6.07, 6.45) is 17.8. The van der Waals surface area contributed by atoms with Crippen molar-refractivity contribution in [1.29, 1.82) is 0 Å². The number of unbranched alkanes of at least 4 members (excludes halogenated alkanes) is 10. The van der Waals surface area contributed by atoms with Crippen LogP contribution in [0.1, 0.15) is 90.9 Å². The molecule has 118 valence electrons. The van der Waals surface area contributed by atoms with Crippen molar-refractivity contribution in [1.82, 2.24) is 0 Å². The quantitative estimate of drug-likeness (QED) is 0.268. The predicted molar refractivity (Wildman–Crippen MR) is 105 cm³/mol. The molecular formula is C17H41KSiSn. The summed E-state index contributed by atoms with van der Waals surface area (Å²) in [5, 5.41) is 0. The van der Waals surface area contributed by atoms with Gasteiger partial charge in [0, 0.05) is 0 Å². The van der Waals surface area contributed by atoms with Crippen molar-refractivity contribution in [3.8, 4) is 0 Å². The van der Waals surface area contributed by atoms with E-state index in [1.165, 1.54) is 74.5 Å². The van der Waals surface area contributed by atoms with E-state index in [1.54, 1.807) is 21.7 Å². The van der Waals surface area contributed by atoms with E-state index in [-0.39, 0.29) is 72.5 Å². The monoisotopic (exact) mass is 432 g/mol. The summed E-state index contributed by atoms with van der Waals surface area (Å²) in [6, 6.07) is 0. The van der Waals surface area contributed by atoms with Gasteiger partial charge in [-0.05, 0) is 10.2 Å².